The molecular formula is C14H22N2O3. The fraction of sp³-hybridized carbons (Fsp3) is 0.429. The van der Waals surface area contributed by atoms with Crippen LogP contribution in [-0.4, -0.2) is 38.6 Å². The van der Waals surface area contributed by atoms with Crippen LogP contribution < -0.4 is 10.6 Å². The summed E-state index contributed by atoms with van der Waals surface area (Å²) in [5.74, 6) is -0.319. The Bertz CT molecular complexity index is 338. The smallest absolute Gasteiger partial charge is 0.323 e. The van der Waals surface area contributed by atoms with Gasteiger partial charge >= 0.3 is 5.97 Å². The highest BCUT2D eigenvalue weighted by atomic mass is 16.5. The monoisotopic (exact) mass is 266 g/mol. The van der Waals surface area contributed by atoms with E-state index in [1.165, 1.54) is 7.11 Å². The van der Waals surface area contributed by atoms with E-state index < -0.39 is 6.04 Å². The van der Waals surface area contributed by atoms with Crippen molar-refractivity contribution >= 4 is 12.4 Å². The molecule has 5 heteroatoms. The lowest BCUT2D eigenvalue weighted by molar-refractivity contribution is -0.143. The first-order valence-corrected chi connectivity index (χ1v) is 6.11. The Labute approximate surface area is 114 Å². The van der Waals surface area contributed by atoms with Crippen LogP contribution in [0.2, 0.25) is 0 Å². The number of rotatable bonds is 11. The number of carbonyl (C=O) groups excluding carboxylic acids is 2. The Morgan fingerprint density at radius 1 is 1.37 bits per heavy atom. The first kappa shape index (κ1) is 17.1. The van der Waals surface area contributed by atoms with Crippen molar-refractivity contribution in [3.63, 3.8) is 0 Å². The molecule has 0 fully saturated rings. The zero-order valence-electron chi connectivity index (χ0n) is 11.4. The molecule has 0 aliphatic rings. The van der Waals surface area contributed by atoms with Crippen LogP contribution in [0.25, 0.3) is 0 Å². The number of ether oxygens (including phenoxy) is 1. The predicted molar refractivity (Wildman–Crippen MR) is 75.6 cm³/mol. The largest absolute Gasteiger partial charge is 0.468 e. The van der Waals surface area contributed by atoms with Gasteiger partial charge in [0, 0.05) is 6.54 Å². The molecule has 0 aliphatic heterocycles. The summed E-state index contributed by atoms with van der Waals surface area (Å²) < 4.78 is 4.75. The average molecular weight is 266 g/mol. The molecule has 0 aromatic heterocycles. The van der Waals surface area contributed by atoms with Crippen LogP contribution in [0.15, 0.2) is 37.0 Å². The Kier molecular flexibility index (Phi) is 10.1. The van der Waals surface area contributed by atoms with E-state index in [-0.39, 0.29) is 5.97 Å². The lowest BCUT2D eigenvalue weighted by Gasteiger charge is -2.16. The second kappa shape index (κ2) is 11.2. The van der Waals surface area contributed by atoms with Gasteiger partial charge in [-0.2, -0.15) is 0 Å². The minimum absolute atomic E-state index is 0.319. The predicted octanol–water partition coefficient (Wildman–Crippen LogP) is 0.942. The van der Waals surface area contributed by atoms with Crippen LogP contribution in [0, 0.1) is 0 Å². The quantitative estimate of drug-likeness (QED) is 0.253. The minimum Gasteiger partial charge on any atom is -0.468 e. The lowest BCUT2D eigenvalue weighted by Crippen LogP contribution is -2.39. The van der Waals surface area contributed by atoms with Crippen molar-refractivity contribution in [2.45, 2.75) is 18.9 Å². The molecule has 0 saturated carbocycles. The molecule has 0 saturated heterocycles. The molecule has 19 heavy (non-hydrogen) atoms. The van der Waals surface area contributed by atoms with Crippen LogP contribution >= 0.6 is 0 Å². The van der Waals surface area contributed by atoms with Gasteiger partial charge in [0.25, 0.3) is 0 Å². The van der Waals surface area contributed by atoms with Crippen molar-refractivity contribution in [1.29, 1.82) is 0 Å². The zero-order chi connectivity index (χ0) is 14.5. The van der Waals surface area contributed by atoms with E-state index in [2.05, 4.69) is 23.8 Å². The molecule has 0 rings (SSSR count). The van der Waals surface area contributed by atoms with E-state index in [4.69, 9.17) is 4.74 Å². The maximum absolute atomic E-state index is 11.6. The molecule has 2 N–H and O–H groups in total. The van der Waals surface area contributed by atoms with Gasteiger partial charge in [0.2, 0.25) is 6.41 Å². The highest BCUT2D eigenvalue weighted by Crippen LogP contribution is 2.08. The van der Waals surface area contributed by atoms with Gasteiger partial charge in [-0.3, -0.25) is 9.59 Å². The van der Waals surface area contributed by atoms with Gasteiger partial charge in [0.1, 0.15) is 6.04 Å². The minimum atomic E-state index is -0.426. The molecule has 0 aliphatic carbocycles. The van der Waals surface area contributed by atoms with Gasteiger partial charge < -0.3 is 15.4 Å². The van der Waals surface area contributed by atoms with Crippen LogP contribution in [-0.2, 0) is 14.3 Å². The van der Waals surface area contributed by atoms with Crippen molar-refractivity contribution in [2.24, 2.45) is 0 Å². The van der Waals surface area contributed by atoms with Crippen molar-refractivity contribution in [2.75, 3.05) is 20.2 Å². The fourth-order valence-corrected chi connectivity index (χ4v) is 1.51. The Morgan fingerprint density at radius 2 is 2.11 bits per heavy atom. The Balaban J connectivity index is 4.34. The summed E-state index contributed by atoms with van der Waals surface area (Å²) in [4.78, 5) is 21.7. The van der Waals surface area contributed by atoms with E-state index in [1.807, 2.05) is 0 Å². The van der Waals surface area contributed by atoms with Gasteiger partial charge in [0.05, 0.1) is 7.11 Å². The molecule has 0 spiro atoms. The molecule has 0 radical (unpaired) electrons. The summed E-state index contributed by atoms with van der Waals surface area (Å²) in [6, 6.07) is -0.426. The summed E-state index contributed by atoms with van der Waals surface area (Å²) in [5.41, 5.74) is 0.906. The van der Waals surface area contributed by atoms with E-state index in [0.29, 0.717) is 25.9 Å². The third-order valence-electron chi connectivity index (χ3n) is 2.49. The average Bonchev–Trinajstić information content (AvgIpc) is 2.43. The summed E-state index contributed by atoms with van der Waals surface area (Å²) in [7, 11) is 1.36. The van der Waals surface area contributed by atoms with Crippen LogP contribution in [0.4, 0.5) is 0 Å². The van der Waals surface area contributed by atoms with E-state index in [0.717, 1.165) is 12.0 Å². The van der Waals surface area contributed by atoms with Gasteiger partial charge in [-0.1, -0.05) is 31.4 Å². The number of methoxy groups -OCH3 is 1. The van der Waals surface area contributed by atoms with Gasteiger partial charge in [-0.15, -0.1) is 0 Å². The number of esters is 1. The highest BCUT2D eigenvalue weighted by molar-refractivity contribution is 5.76. The van der Waals surface area contributed by atoms with Crippen LogP contribution in [0.3, 0.4) is 0 Å². The topological polar surface area (TPSA) is 67.4 Å². The van der Waals surface area contributed by atoms with Crippen molar-refractivity contribution in [1.82, 2.24) is 10.6 Å². The third-order valence-corrected chi connectivity index (χ3v) is 2.49. The number of nitrogens with one attached hydrogen (secondary N) is 2. The summed E-state index contributed by atoms with van der Waals surface area (Å²) in [6.07, 6.45) is 7.02. The summed E-state index contributed by atoms with van der Waals surface area (Å²) in [5, 5.41) is 5.66. The second-order valence-electron chi connectivity index (χ2n) is 3.84. The second-order valence-corrected chi connectivity index (χ2v) is 3.84. The van der Waals surface area contributed by atoms with Gasteiger partial charge in [0.15, 0.2) is 0 Å². The van der Waals surface area contributed by atoms with Gasteiger partial charge in [-0.25, -0.2) is 0 Å². The molecule has 0 heterocycles. The number of allylic oxidation sites excluding steroid dienone is 3. The van der Waals surface area contributed by atoms with Crippen LogP contribution in [0.5, 0.6) is 0 Å². The van der Waals surface area contributed by atoms with E-state index in [9.17, 15) is 9.59 Å². The molecule has 1 atom stereocenters. The number of carbonyl (C=O) groups is 2. The first-order valence-electron chi connectivity index (χ1n) is 6.11. The maximum Gasteiger partial charge on any atom is 0.323 e. The molecule has 1 amide bonds. The number of amides is 1. The Hall–Kier alpha value is -1.88. The lowest BCUT2D eigenvalue weighted by atomic mass is 10.1. The zero-order valence-corrected chi connectivity index (χ0v) is 11.4. The maximum atomic E-state index is 11.6. The van der Waals surface area contributed by atoms with Crippen molar-refractivity contribution in [3.05, 3.63) is 37.0 Å². The molecule has 0 aromatic rings. The normalized spacial score (nSPS) is 12.4. The fourth-order valence-electron chi connectivity index (χ4n) is 1.51. The SMILES string of the molecule is C=C/C=C(\C=C)CC(NCCCNC=O)C(=O)OC. The van der Waals surface area contributed by atoms with Crippen LogP contribution in [0.1, 0.15) is 12.8 Å². The van der Waals surface area contributed by atoms with E-state index >= 15 is 0 Å². The molecule has 5 nitrogen and oxygen atoms in total. The summed E-state index contributed by atoms with van der Waals surface area (Å²) in [6.45, 7) is 8.49. The van der Waals surface area contributed by atoms with Crippen molar-refractivity contribution in [3.8, 4) is 0 Å². The molecule has 1 unspecified atom stereocenters. The Morgan fingerprint density at radius 3 is 2.63 bits per heavy atom. The first-order chi connectivity index (χ1) is 9.19. The molecule has 106 valence electrons. The number of hydrogen-bond acceptors (Lipinski definition) is 4. The van der Waals surface area contributed by atoms with Gasteiger partial charge in [-0.05, 0) is 25.0 Å². The van der Waals surface area contributed by atoms with E-state index in [1.54, 1.807) is 18.2 Å². The molecule has 0 bridgehead atoms. The molecule has 0 aromatic carbocycles. The third kappa shape index (κ3) is 7.94. The number of hydrogen-bond donors (Lipinski definition) is 2. The summed E-state index contributed by atoms with van der Waals surface area (Å²) >= 11 is 0. The standard InChI is InChI=1S/C14H22N2O3/c1-4-7-12(5-2)10-13(14(18)19-3)16-9-6-8-15-11-17/h4-5,7,11,13,16H,1-2,6,8-10H2,3H3,(H,15,17)/b12-7+. The highest BCUT2D eigenvalue weighted by Gasteiger charge is 2.18. The molecular weight excluding hydrogens is 244 g/mol. The van der Waals surface area contributed by atoms with Crippen molar-refractivity contribution < 1.29 is 14.3 Å².